The first-order valence-corrected chi connectivity index (χ1v) is 13.3. The Morgan fingerprint density at radius 1 is 1.16 bits per heavy atom. The van der Waals surface area contributed by atoms with Gasteiger partial charge in [-0.15, -0.1) is 11.3 Å². The summed E-state index contributed by atoms with van der Waals surface area (Å²) in [5.41, 5.74) is 2.47. The molecule has 2 aliphatic rings. The summed E-state index contributed by atoms with van der Waals surface area (Å²) in [6, 6.07) is 7.36. The van der Waals surface area contributed by atoms with Crippen molar-refractivity contribution in [3.05, 3.63) is 46.1 Å². The average molecular weight is 467 g/mol. The van der Waals surface area contributed by atoms with Gasteiger partial charge in [0.05, 0.1) is 12.9 Å². The summed E-state index contributed by atoms with van der Waals surface area (Å²) in [5, 5.41) is 2.22. The van der Waals surface area contributed by atoms with Gasteiger partial charge in [-0.1, -0.05) is 32.5 Å². The van der Waals surface area contributed by atoms with Crippen LogP contribution in [0.4, 0.5) is 0 Å². The first kappa shape index (κ1) is 21.9. The standard InChI is InChI=1S/C26H30N2O2S2/c1-26(2,3)17-9-12-19-21(13-17)32-25-22(19)24(27-23(28-25)16-5-6-16)31-14-20(29)15-7-10-18(30-4)11-8-15/h7-8,10-11,16-17H,5-6,9,12-14H2,1-4H3/t17-/m0/s1. The van der Waals surface area contributed by atoms with Crippen molar-refractivity contribution in [2.24, 2.45) is 11.3 Å². The van der Waals surface area contributed by atoms with Crippen molar-refractivity contribution < 1.29 is 9.53 Å². The van der Waals surface area contributed by atoms with Crippen LogP contribution in [0.3, 0.4) is 0 Å². The van der Waals surface area contributed by atoms with Crippen LogP contribution in [0, 0.1) is 11.3 Å². The summed E-state index contributed by atoms with van der Waals surface area (Å²) in [6.45, 7) is 7.06. The molecule has 0 N–H and O–H groups in total. The molecule has 1 aromatic carbocycles. The number of ether oxygens (including phenoxy) is 1. The van der Waals surface area contributed by atoms with Crippen LogP contribution in [0.25, 0.3) is 10.2 Å². The summed E-state index contributed by atoms with van der Waals surface area (Å²) < 4.78 is 5.21. The topological polar surface area (TPSA) is 52.1 Å². The van der Waals surface area contributed by atoms with Gasteiger partial charge in [0.1, 0.15) is 21.4 Å². The van der Waals surface area contributed by atoms with Crippen LogP contribution in [0.1, 0.15) is 72.6 Å². The third kappa shape index (κ3) is 4.32. The van der Waals surface area contributed by atoms with Crippen LogP contribution in [0.5, 0.6) is 5.75 Å². The molecule has 1 fully saturated rings. The van der Waals surface area contributed by atoms with Gasteiger partial charge in [0.25, 0.3) is 0 Å². The highest BCUT2D eigenvalue weighted by molar-refractivity contribution is 8.00. The van der Waals surface area contributed by atoms with Gasteiger partial charge in [0.15, 0.2) is 5.78 Å². The molecule has 168 valence electrons. The molecule has 6 heteroatoms. The Morgan fingerprint density at radius 3 is 2.56 bits per heavy atom. The highest BCUT2D eigenvalue weighted by Crippen LogP contribution is 2.46. The number of nitrogens with zero attached hydrogens (tertiary/aromatic N) is 2. The zero-order chi connectivity index (χ0) is 22.5. The van der Waals surface area contributed by atoms with E-state index in [-0.39, 0.29) is 5.78 Å². The Kier molecular flexibility index (Phi) is 5.79. The number of fused-ring (bicyclic) bond motifs is 3. The van der Waals surface area contributed by atoms with E-state index in [1.165, 1.54) is 35.1 Å². The lowest BCUT2D eigenvalue weighted by atomic mass is 9.72. The van der Waals surface area contributed by atoms with E-state index in [0.29, 0.717) is 28.6 Å². The van der Waals surface area contributed by atoms with Crippen molar-refractivity contribution in [3.63, 3.8) is 0 Å². The fraction of sp³-hybridized carbons (Fsp3) is 0.500. The summed E-state index contributed by atoms with van der Waals surface area (Å²) in [7, 11) is 1.63. The average Bonchev–Trinajstić information content (AvgIpc) is 3.56. The number of thiophene rings is 1. The number of methoxy groups -OCH3 is 1. The Bertz CT molecular complexity index is 1160. The number of carbonyl (C=O) groups excluding carboxylic acids is 1. The zero-order valence-electron chi connectivity index (χ0n) is 19.2. The maximum atomic E-state index is 12.9. The van der Waals surface area contributed by atoms with Crippen LogP contribution in [0.15, 0.2) is 29.3 Å². The van der Waals surface area contributed by atoms with Gasteiger partial charge >= 0.3 is 0 Å². The predicted octanol–water partition coefficient (Wildman–Crippen LogP) is 6.70. The third-order valence-corrected chi connectivity index (χ3v) is 8.94. The van der Waals surface area contributed by atoms with Gasteiger partial charge in [0, 0.05) is 21.7 Å². The molecule has 2 aliphatic carbocycles. The Morgan fingerprint density at radius 2 is 1.91 bits per heavy atom. The number of hydrogen-bond acceptors (Lipinski definition) is 6. The minimum absolute atomic E-state index is 0.120. The number of aryl methyl sites for hydroxylation is 1. The molecule has 3 aromatic rings. The molecule has 5 rings (SSSR count). The van der Waals surface area contributed by atoms with Crippen molar-refractivity contribution in [2.75, 3.05) is 12.9 Å². The summed E-state index contributed by atoms with van der Waals surface area (Å²) in [6.07, 6.45) is 5.79. The number of hydrogen-bond donors (Lipinski definition) is 0. The number of Topliss-reactive ketones (excluding diaryl/α,β-unsaturated/α-hetero) is 1. The molecule has 4 nitrogen and oxygen atoms in total. The quantitative estimate of drug-likeness (QED) is 0.230. The van der Waals surface area contributed by atoms with Crippen LogP contribution in [-0.4, -0.2) is 28.6 Å². The molecule has 1 atom stereocenters. The second-order valence-electron chi connectivity index (χ2n) is 10.1. The molecule has 0 amide bonds. The summed E-state index contributed by atoms with van der Waals surface area (Å²) in [4.78, 5) is 25.5. The maximum absolute atomic E-state index is 12.9. The number of ketones is 1. The van der Waals surface area contributed by atoms with E-state index in [1.807, 2.05) is 35.6 Å². The van der Waals surface area contributed by atoms with E-state index >= 15 is 0 Å². The van der Waals surface area contributed by atoms with Gasteiger partial charge < -0.3 is 4.74 Å². The fourth-order valence-electron chi connectivity index (χ4n) is 4.52. The van der Waals surface area contributed by atoms with Gasteiger partial charge in [-0.25, -0.2) is 9.97 Å². The second kappa shape index (κ2) is 8.45. The fourth-order valence-corrected chi connectivity index (χ4v) is 6.85. The van der Waals surface area contributed by atoms with Crippen molar-refractivity contribution in [2.45, 2.75) is 63.8 Å². The number of benzene rings is 1. The smallest absolute Gasteiger partial charge is 0.173 e. The first-order chi connectivity index (χ1) is 15.3. The SMILES string of the molecule is COc1ccc(C(=O)CSc2nc(C3CC3)nc3sc4c(c23)CC[C@H](C(C)(C)C)C4)cc1. The van der Waals surface area contributed by atoms with Gasteiger partial charge in [-0.05, 0) is 73.3 Å². The molecule has 0 unspecified atom stereocenters. The second-order valence-corrected chi connectivity index (χ2v) is 12.1. The number of thioether (sulfide) groups is 1. The minimum atomic E-state index is 0.120. The third-order valence-electron chi connectivity index (χ3n) is 6.81. The van der Waals surface area contributed by atoms with E-state index in [4.69, 9.17) is 14.7 Å². The number of aromatic nitrogens is 2. The van der Waals surface area contributed by atoms with Crippen LogP contribution < -0.4 is 4.74 Å². The lowest BCUT2D eigenvalue weighted by molar-refractivity contribution is 0.102. The monoisotopic (exact) mass is 466 g/mol. The minimum Gasteiger partial charge on any atom is -0.497 e. The Labute approximate surface area is 198 Å². The van der Waals surface area contributed by atoms with E-state index in [2.05, 4.69) is 20.8 Å². The highest BCUT2D eigenvalue weighted by Gasteiger charge is 2.33. The van der Waals surface area contributed by atoms with Crippen molar-refractivity contribution in [1.82, 2.24) is 9.97 Å². The molecule has 32 heavy (non-hydrogen) atoms. The molecule has 0 bridgehead atoms. The van der Waals surface area contributed by atoms with Gasteiger partial charge in [-0.2, -0.15) is 0 Å². The van der Waals surface area contributed by atoms with E-state index in [9.17, 15) is 4.79 Å². The molecule has 2 heterocycles. The van der Waals surface area contributed by atoms with Gasteiger partial charge in [0.2, 0.25) is 0 Å². The predicted molar refractivity (Wildman–Crippen MR) is 132 cm³/mol. The van der Waals surface area contributed by atoms with Gasteiger partial charge in [-0.3, -0.25) is 4.79 Å². The van der Waals surface area contributed by atoms with Crippen molar-refractivity contribution >= 4 is 39.1 Å². The Hall–Kier alpha value is -1.92. The zero-order valence-corrected chi connectivity index (χ0v) is 20.9. The van der Waals surface area contributed by atoms with Crippen LogP contribution in [0.2, 0.25) is 0 Å². The molecule has 0 aliphatic heterocycles. The van der Waals surface area contributed by atoms with Crippen molar-refractivity contribution in [1.29, 1.82) is 0 Å². The number of rotatable bonds is 6. The Balaban J connectivity index is 1.45. The summed E-state index contributed by atoms with van der Waals surface area (Å²) in [5.74, 6) is 3.44. The van der Waals surface area contributed by atoms with E-state index < -0.39 is 0 Å². The van der Waals surface area contributed by atoms with Crippen LogP contribution in [-0.2, 0) is 12.8 Å². The lowest BCUT2D eigenvalue weighted by Gasteiger charge is -2.33. The van der Waals surface area contributed by atoms with Crippen molar-refractivity contribution in [3.8, 4) is 5.75 Å². The molecular weight excluding hydrogens is 436 g/mol. The summed E-state index contributed by atoms with van der Waals surface area (Å²) >= 11 is 3.45. The van der Waals surface area contributed by atoms with E-state index in [1.54, 1.807) is 18.9 Å². The molecule has 2 aromatic heterocycles. The molecular formula is C26H30N2O2S2. The molecule has 0 spiro atoms. The lowest BCUT2D eigenvalue weighted by Crippen LogP contribution is -2.26. The first-order valence-electron chi connectivity index (χ1n) is 11.5. The molecule has 1 saturated carbocycles. The van der Waals surface area contributed by atoms with Crippen LogP contribution >= 0.6 is 23.1 Å². The largest absolute Gasteiger partial charge is 0.497 e. The van der Waals surface area contributed by atoms with E-state index in [0.717, 1.165) is 34.3 Å². The highest BCUT2D eigenvalue weighted by atomic mass is 32.2. The molecule has 0 radical (unpaired) electrons. The maximum Gasteiger partial charge on any atom is 0.173 e. The molecule has 0 saturated heterocycles. The number of carbonyl (C=O) groups is 1. The normalized spacial score (nSPS) is 18.6.